The van der Waals surface area contributed by atoms with Gasteiger partial charge >= 0.3 is 0 Å². The Bertz CT molecular complexity index is 1290. The van der Waals surface area contributed by atoms with Crippen LogP contribution in [-0.4, -0.2) is 29.7 Å². The number of nitrogens with zero attached hydrogens (tertiary/aromatic N) is 1. The highest BCUT2D eigenvalue weighted by molar-refractivity contribution is 8.00. The van der Waals surface area contributed by atoms with Gasteiger partial charge in [-0.3, -0.25) is 9.59 Å². The van der Waals surface area contributed by atoms with Crippen molar-refractivity contribution < 1.29 is 18.7 Å². The standard InChI is InChI=1S/C25H20FN3O3S2/c1-32-22-5-3-2-4-20(22)21-14-34-25(28-21)29-23(30)15-33-19-12-10-18(11-13-19)27-24(31)16-6-8-17(26)9-7-16/h2-14H,15H2,1H3,(H,27,31)(H,28,29,30). The van der Waals surface area contributed by atoms with Gasteiger partial charge in [0.05, 0.1) is 18.6 Å². The first kappa shape index (κ1) is 23.5. The minimum atomic E-state index is -0.395. The van der Waals surface area contributed by atoms with Gasteiger partial charge in [0.1, 0.15) is 11.6 Å². The molecule has 2 N–H and O–H groups in total. The number of benzene rings is 3. The summed E-state index contributed by atoms with van der Waals surface area (Å²) in [7, 11) is 1.61. The summed E-state index contributed by atoms with van der Waals surface area (Å²) in [5.41, 5.74) is 2.58. The number of amides is 2. The van der Waals surface area contributed by atoms with E-state index in [0.29, 0.717) is 16.4 Å². The first-order valence-electron chi connectivity index (χ1n) is 10.2. The fourth-order valence-corrected chi connectivity index (χ4v) is 4.48. The minimum absolute atomic E-state index is 0.167. The number of halogens is 1. The van der Waals surface area contributed by atoms with Gasteiger partial charge in [-0.15, -0.1) is 23.1 Å². The molecule has 0 aliphatic rings. The van der Waals surface area contributed by atoms with Crippen LogP contribution in [0.5, 0.6) is 5.75 Å². The number of anilines is 2. The van der Waals surface area contributed by atoms with Crippen LogP contribution in [0.2, 0.25) is 0 Å². The lowest BCUT2D eigenvalue weighted by Crippen LogP contribution is -2.13. The molecule has 9 heteroatoms. The molecular formula is C25H20FN3O3S2. The molecule has 0 spiro atoms. The lowest BCUT2D eigenvalue weighted by molar-refractivity contribution is -0.113. The van der Waals surface area contributed by atoms with Crippen molar-refractivity contribution >= 4 is 45.7 Å². The van der Waals surface area contributed by atoms with Crippen molar-refractivity contribution in [3.8, 4) is 17.0 Å². The summed E-state index contributed by atoms with van der Waals surface area (Å²) in [6.07, 6.45) is 0. The summed E-state index contributed by atoms with van der Waals surface area (Å²) in [5, 5.41) is 7.98. The zero-order valence-corrected chi connectivity index (χ0v) is 19.7. The second-order valence-corrected chi connectivity index (χ2v) is 8.97. The van der Waals surface area contributed by atoms with Crippen molar-refractivity contribution in [2.75, 3.05) is 23.5 Å². The average Bonchev–Trinajstić information content (AvgIpc) is 3.32. The van der Waals surface area contributed by atoms with Crippen molar-refractivity contribution in [2.24, 2.45) is 0 Å². The highest BCUT2D eigenvalue weighted by Crippen LogP contribution is 2.32. The Morgan fingerprint density at radius 1 is 1.00 bits per heavy atom. The van der Waals surface area contributed by atoms with Gasteiger partial charge in [-0.1, -0.05) is 12.1 Å². The molecule has 0 atom stereocenters. The number of nitrogens with one attached hydrogen (secondary N) is 2. The Morgan fingerprint density at radius 2 is 1.74 bits per heavy atom. The molecule has 1 aromatic heterocycles. The molecule has 0 fully saturated rings. The third-order valence-electron chi connectivity index (χ3n) is 4.72. The van der Waals surface area contributed by atoms with Crippen LogP contribution in [0.25, 0.3) is 11.3 Å². The van der Waals surface area contributed by atoms with E-state index in [-0.39, 0.29) is 17.6 Å². The molecule has 0 radical (unpaired) electrons. The smallest absolute Gasteiger partial charge is 0.255 e. The van der Waals surface area contributed by atoms with E-state index in [0.717, 1.165) is 21.9 Å². The largest absolute Gasteiger partial charge is 0.496 e. The Kier molecular flexibility index (Phi) is 7.56. The summed E-state index contributed by atoms with van der Waals surface area (Å²) >= 11 is 2.72. The van der Waals surface area contributed by atoms with E-state index in [1.54, 1.807) is 19.2 Å². The number of para-hydroxylation sites is 1. The maximum Gasteiger partial charge on any atom is 0.255 e. The number of carbonyl (C=O) groups excluding carboxylic acids is 2. The minimum Gasteiger partial charge on any atom is -0.496 e. The first-order chi connectivity index (χ1) is 16.5. The molecule has 0 saturated carbocycles. The fraction of sp³-hybridized carbons (Fsp3) is 0.0800. The SMILES string of the molecule is COc1ccccc1-c1csc(NC(=O)CSc2ccc(NC(=O)c3ccc(F)cc3)cc2)n1. The van der Waals surface area contributed by atoms with Crippen LogP contribution in [0.3, 0.4) is 0 Å². The number of thioether (sulfide) groups is 1. The molecule has 0 bridgehead atoms. The van der Waals surface area contributed by atoms with Crippen molar-refractivity contribution in [3.05, 3.63) is 89.6 Å². The van der Waals surface area contributed by atoms with Crippen LogP contribution in [0.15, 0.2) is 83.1 Å². The van der Waals surface area contributed by atoms with Crippen molar-refractivity contribution in [1.82, 2.24) is 4.98 Å². The predicted molar refractivity (Wildman–Crippen MR) is 134 cm³/mol. The number of aromatic nitrogens is 1. The number of methoxy groups -OCH3 is 1. The molecule has 6 nitrogen and oxygen atoms in total. The Balaban J connectivity index is 1.28. The highest BCUT2D eigenvalue weighted by Gasteiger charge is 2.12. The van der Waals surface area contributed by atoms with Gasteiger partial charge in [0.25, 0.3) is 5.91 Å². The normalized spacial score (nSPS) is 10.5. The molecule has 4 rings (SSSR count). The maximum atomic E-state index is 13.0. The molecule has 34 heavy (non-hydrogen) atoms. The highest BCUT2D eigenvalue weighted by atomic mass is 32.2. The maximum absolute atomic E-state index is 13.0. The quantitative estimate of drug-likeness (QED) is 0.297. The Morgan fingerprint density at radius 3 is 2.47 bits per heavy atom. The average molecular weight is 494 g/mol. The van der Waals surface area contributed by atoms with E-state index < -0.39 is 5.82 Å². The van der Waals surface area contributed by atoms with Gasteiger partial charge in [-0.2, -0.15) is 0 Å². The Hall–Kier alpha value is -3.69. The molecule has 172 valence electrons. The molecular weight excluding hydrogens is 473 g/mol. The number of hydrogen-bond donors (Lipinski definition) is 2. The van der Waals surface area contributed by atoms with Gasteiger partial charge in [0, 0.05) is 27.1 Å². The van der Waals surface area contributed by atoms with Crippen LogP contribution >= 0.6 is 23.1 Å². The number of hydrogen-bond acceptors (Lipinski definition) is 6. The van der Waals surface area contributed by atoms with E-state index in [4.69, 9.17) is 4.74 Å². The number of rotatable bonds is 8. The number of ether oxygens (including phenoxy) is 1. The zero-order valence-electron chi connectivity index (χ0n) is 18.1. The summed E-state index contributed by atoms with van der Waals surface area (Å²) in [5.74, 6) is 0.0489. The van der Waals surface area contributed by atoms with Crippen LogP contribution in [0.4, 0.5) is 15.2 Å². The van der Waals surface area contributed by atoms with Crippen LogP contribution in [-0.2, 0) is 4.79 Å². The zero-order chi connectivity index (χ0) is 23.9. The van der Waals surface area contributed by atoms with Gasteiger partial charge in [0.2, 0.25) is 5.91 Å². The molecule has 0 unspecified atom stereocenters. The first-order valence-corrected chi connectivity index (χ1v) is 12.1. The van der Waals surface area contributed by atoms with E-state index in [1.165, 1.54) is 47.4 Å². The third-order valence-corrected chi connectivity index (χ3v) is 6.49. The predicted octanol–water partition coefficient (Wildman–Crippen LogP) is 5.94. The number of carbonyl (C=O) groups is 2. The summed E-state index contributed by atoms with van der Waals surface area (Å²) < 4.78 is 18.4. The summed E-state index contributed by atoms with van der Waals surface area (Å²) in [4.78, 5) is 30.0. The van der Waals surface area contributed by atoms with Gasteiger partial charge in [-0.05, 0) is 60.7 Å². The van der Waals surface area contributed by atoms with Crippen molar-refractivity contribution in [3.63, 3.8) is 0 Å². The van der Waals surface area contributed by atoms with E-state index >= 15 is 0 Å². The molecule has 2 amide bonds. The summed E-state index contributed by atoms with van der Waals surface area (Å²) in [6.45, 7) is 0. The van der Waals surface area contributed by atoms with Gasteiger partial charge in [0.15, 0.2) is 5.13 Å². The fourth-order valence-electron chi connectivity index (χ4n) is 3.05. The lowest BCUT2D eigenvalue weighted by Gasteiger charge is -2.07. The van der Waals surface area contributed by atoms with Crippen LogP contribution < -0.4 is 15.4 Å². The third kappa shape index (κ3) is 6.00. The van der Waals surface area contributed by atoms with Gasteiger partial charge in [-0.25, -0.2) is 9.37 Å². The molecule has 0 aliphatic carbocycles. The second-order valence-electron chi connectivity index (χ2n) is 7.06. The molecule has 1 heterocycles. The van der Waals surface area contributed by atoms with E-state index in [2.05, 4.69) is 15.6 Å². The van der Waals surface area contributed by atoms with Gasteiger partial charge < -0.3 is 15.4 Å². The van der Waals surface area contributed by atoms with Crippen LogP contribution in [0, 0.1) is 5.82 Å². The van der Waals surface area contributed by atoms with E-state index in [1.807, 2.05) is 41.8 Å². The molecule has 3 aromatic carbocycles. The van der Waals surface area contributed by atoms with Crippen molar-refractivity contribution in [1.29, 1.82) is 0 Å². The molecule has 4 aromatic rings. The summed E-state index contributed by atoms with van der Waals surface area (Å²) in [6, 6.07) is 20.1. The molecule has 0 aliphatic heterocycles. The lowest BCUT2D eigenvalue weighted by atomic mass is 10.1. The van der Waals surface area contributed by atoms with Crippen LogP contribution in [0.1, 0.15) is 10.4 Å². The number of thiazole rings is 1. The van der Waals surface area contributed by atoms with E-state index in [9.17, 15) is 14.0 Å². The molecule has 0 saturated heterocycles. The monoisotopic (exact) mass is 493 g/mol. The topological polar surface area (TPSA) is 80.3 Å². The van der Waals surface area contributed by atoms with Crippen molar-refractivity contribution in [2.45, 2.75) is 4.90 Å². The Labute approximate surface area is 204 Å². The second kappa shape index (κ2) is 11.0.